The highest BCUT2D eigenvalue weighted by atomic mass is 79.9. The lowest BCUT2D eigenvalue weighted by Gasteiger charge is -2.09. The molecule has 7 heteroatoms. The first kappa shape index (κ1) is 25.1. The molecular formula is C29H25BrN2O4. The molecule has 0 fully saturated rings. The van der Waals surface area contributed by atoms with Crippen molar-refractivity contribution in [2.24, 2.45) is 5.10 Å². The highest BCUT2D eigenvalue weighted by molar-refractivity contribution is 9.10. The second-order valence-corrected chi connectivity index (χ2v) is 8.97. The minimum atomic E-state index is -0.506. The molecule has 0 atom stereocenters. The van der Waals surface area contributed by atoms with Gasteiger partial charge in [0.15, 0.2) is 0 Å². The van der Waals surface area contributed by atoms with Gasteiger partial charge >= 0.3 is 5.97 Å². The maximum absolute atomic E-state index is 12.7. The monoisotopic (exact) mass is 544 g/mol. The van der Waals surface area contributed by atoms with E-state index in [4.69, 9.17) is 9.47 Å². The third-order valence-corrected chi connectivity index (χ3v) is 5.85. The third kappa shape index (κ3) is 6.58. The molecule has 0 radical (unpaired) electrons. The van der Waals surface area contributed by atoms with Crippen LogP contribution >= 0.6 is 15.9 Å². The number of nitrogens with one attached hydrogen (secondary N) is 1. The van der Waals surface area contributed by atoms with Crippen molar-refractivity contribution in [3.05, 3.63) is 106 Å². The molecule has 0 aliphatic rings. The third-order valence-electron chi connectivity index (χ3n) is 5.36. The summed E-state index contributed by atoms with van der Waals surface area (Å²) in [6, 6.07) is 25.8. The Balaban J connectivity index is 1.41. The van der Waals surface area contributed by atoms with Crippen LogP contribution in [0.1, 0.15) is 34.8 Å². The van der Waals surface area contributed by atoms with E-state index in [1.807, 2.05) is 49.4 Å². The van der Waals surface area contributed by atoms with Gasteiger partial charge in [0.1, 0.15) is 11.5 Å². The summed E-state index contributed by atoms with van der Waals surface area (Å²) in [5.74, 6) is 0.265. The summed E-state index contributed by atoms with van der Waals surface area (Å²) in [5.41, 5.74) is 4.41. The van der Waals surface area contributed by atoms with Gasteiger partial charge in [0.25, 0.3) is 0 Å². The number of halogens is 1. The Morgan fingerprint density at radius 1 is 0.972 bits per heavy atom. The van der Waals surface area contributed by atoms with E-state index in [2.05, 4.69) is 26.5 Å². The lowest BCUT2D eigenvalue weighted by atomic mass is 10.0. The average molecular weight is 545 g/mol. The first-order chi connectivity index (χ1) is 17.5. The molecule has 0 unspecified atom stereocenters. The zero-order valence-electron chi connectivity index (χ0n) is 19.7. The van der Waals surface area contributed by atoms with Crippen molar-refractivity contribution in [3.8, 4) is 11.5 Å². The predicted molar refractivity (Wildman–Crippen MR) is 145 cm³/mol. The number of hydrazone groups is 1. The molecule has 0 saturated heterocycles. The molecule has 6 nitrogen and oxygen atoms in total. The SMILES string of the molecule is CCCOc1ccc(C(=O)Oc2ccc(Br)cc2C=NNC(=O)Cc2cccc3ccccc23)cc1. The van der Waals surface area contributed by atoms with Gasteiger partial charge in [-0.05, 0) is 65.2 Å². The molecule has 0 heterocycles. The van der Waals surface area contributed by atoms with Crippen LogP contribution in [0.25, 0.3) is 10.8 Å². The fourth-order valence-electron chi connectivity index (χ4n) is 3.61. The number of fused-ring (bicyclic) bond motifs is 1. The van der Waals surface area contributed by atoms with Crippen LogP contribution in [0.4, 0.5) is 0 Å². The fourth-order valence-corrected chi connectivity index (χ4v) is 3.99. The van der Waals surface area contributed by atoms with Crippen molar-refractivity contribution >= 4 is 44.8 Å². The topological polar surface area (TPSA) is 77.0 Å². The van der Waals surface area contributed by atoms with E-state index in [9.17, 15) is 9.59 Å². The van der Waals surface area contributed by atoms with E-state index < -0.39 is 5.97 Å². The van der Waals surface area contributed by atoms with Crippen LogP contribution in [0, 0.1) is 0 Å². The summed E-state index contributed by atoms with van der Waals surface area (Å²) >= 11 is 3.42. The molecule has 4 aromatic rings. The van der Waals surface area contributed by atoms with Gasteiger partial charge in [-0.3, -0.25) is 4.79 Å². The first-order valence-corrected chi connectivity index (χ1v) is 12.4. The van der Waals surface area contributed by atoms with E-state index in [0.29, 0.717) is 29.2 Å². The van der Waals surface area contributed by atoms with Gasteiger partial charge < -0.3 is 9.47 Å². The maximum atomic E-state index is 12.7. The molecule has 182 valence electrons. The van der Waals surface area contributed by atoms with Crippen molar-refractivity contribution in [3.63, 3.8) is 0 Å². The first-order valence-electron chi connectivity index (χ1n) is 11.6. The highest BCUT2D eigenvalue weighted by Gasteiger charge is 2.12. The minimum absolute atomic E-state index is 0.191. The van der Waals surface area contributed by atoms with Crippen molar-refractivity contribution in [1.82, 2.24) is 5.43 Å². The smallest absolute Gasteiger partial charge is 0.343 e. The van der Waals surface area contributed by atoms with Gasteiger partial charge in [0.2, 0.25) is 5.91 Å². The van der Waals surface area contributed by atoms with E-state index in [0.717, 1.165) is 27.2 Å². The number of esters is 1. The van der Waals surface area contributed by atoms with Gasteiger partial charge in [-0.25, -0.2) is 10.2 Å². The molecule has 1 amide bonds. The van der Waals surface area contributed by atoms with Crippen LogP contribution in [0.3, 0.4) is 0 Å². The van der Waals surface area contributed by atoms with E-state index in [1.165, 1.54) is 6.21 Å². The number of hydrogen-bond donors (Lipinski definition) is 1. The molecule has 1 N–H and O–H groups in total. The molecule has 0 aliphatic carbocycles. The molecule has 0 spiro atoms. The standard InChI is InChI=1S/C29H25BrN2O4/c1-2-16-35-25-13-10-21(11-14-25)29(34)36-27-15-12-24(30)17-23(27)19-31-32-28(33)18-22-8-5-7-20-6-3-4-9-26(20)22/h3-15,17,19H,2,16,18H2,1H3,(H,32,33). The molecule has 4 rings (SSSR count). The molecule has 4 aromatic carbocycles. The van der Waals surface area contributed by atoms with Gasteiger partial charge in [0.05, 0.1) is 24.8 Å². The summed E-state index contributed by atoms with van der Waals surface area (Å²) < 4.78 is 11.9. The zero-order chi connectivity index (χ0) is 25.3. The normalized spacial score (nSPS) is 10.9. The minimum Gasteiger partial charge on any atom is -0.494 e. The van der Waals surface area contributed by atoms with Crippen molar-refractivity contribution < 1.29 is 19.1 Å². The summed E-state index contributed by atoms with van der Waals surface area (Å²) in [4.78, 5) is 25.2. The molecule has 36 heavy (non-hydrogen) atoms. The van der Waals surface area contributed by atoms with Crippen LogP contribution < -0.4 is 14.9 Å². The highest BCUT2D eigenvalue weighted by Crippen LogP contribution is 2.24. The van der Waals surface area contributed by atoms with Crippen LogP contribution in [-0.4, -0.2) is 24.7 Å². The fraction of sp³-hybridized carbons (Fsp3) is 0.138. The Morgan fingerprint density at radius 3 is 2.56 bits per heavy atom. The van der Waals surface area contributed by atoms with Crippen molar-refractivity contribution in [2.45, 2.75) is 19.8 Å². The summed E-state index contributed by atoms with van der Waals surface area (Å²) in [5, 5.41) is 6.20. The molecule has 0 aromatic heterocycles. The lowest BCUT2D eigenvalue weighted by molar-refractivity contribution is -0.120. The quantitative estimate of drug-likeness (QED) is 0.116. The van der Waals surface area contributed by atoms with E-state index in [-0.39, 0.29) is 12.3 Å². The summed E-state index contributed by atoms with van der Waals surface area (Å²) in [7, 11) is 0. The number of nitrogens with zero attached hydrogens (tertiary/aromatic N) is 1. The van der Waals surface area contributed by atoms with E-state index in [1.54, 1.807) is 42.5 Å². The number of amides is 1. The van der Waals surface area contributed by atoms with Crippen LogP contribution in [0.2, 0.25) is 0 Å². The van der Waals surface area contributed by atoms with Crippen LogP contribution in [0.15, 0.2) is 94.5 Å². The number of benzene rings is 4. The number of hydrogen-bond acceptors (Lipinski definition) is 5. The molecular weight excluding hydrogens is 520 g/mol. The Morgan fingerprint density at radius 2 is 1.75 bits per heavy atom. The van der Waals surface area contributed by atoms with Crippen molar-refractivity contribution in [1.29, 1.82) is 0 Å². The largest absolute Gasteiger partial charge is 0.494 e. The Labute approximate surface area is 218 Å². The van der Waals surface area contributed by atoms with Crippen LogP contribution in [0.5, 0.6) is 11.5 Å². The number of carbonyl (C=O) groups is 2. The predicted octanol–water partition coefficient (Wildman–Crippen LogP) is 6.30. The van der Waals surface area contributed by atoms with Gasteiger partial charge in [-0.1, -0.05) is 65.3 Å². The average Bonchev–Trinajstić information content (AvgIpc) is 2.89. The van der Waals surface area contributed by atoms with Gasteiger partial charge in [0, 0.05) is 10.0 Å². The Hall–Kier alpha value is -3.97. The number of ether oxygens (including phenoxy) is 2. The summed E-state index contributed by atoms with van der Waals surface area (Å²) in [6.45, 7) is 2.64. The number of rotatable bonds is 9. The van der Waals surface area contributed by atoms with Gasteiger partial charge in [-0.15, -0.1) is 0 Å². The lowest BCUT2D eigenvalue weighted by Crippen LogP contribution is -2.20. The van der Waals surface area contributed by atoms with Gasteiger partial charge in [-0.2, -0.15) is 5.10 Å². The van der Waals surface area contributed by atoms with Crippen LogP contribution in [-0.2, 0) is 11.2 Å². The Kier molecular flexibility index (Phi) is 8.47. The Bertz CT molecular complexity index is 1400. The molecule has 0 saturated carbocycles. The number of carbonyl (C=O) groups excluding carboxylic acids is 2. The molecule has 0 bridgehead atoms. The second kappa shape index (κ2) is 12.1. The van der Waals surface area contributed by atoms with Crippen molar-refractivity contribution in [2.75, 3.05) is 6.61 Å². The summed E-state index contributed by atoms with van der Waals surface area (Å²) in [6.07, 6.45) is 2.55. The zero-order valence-corrected chi connectivity index (χ0v) is 21.3. The van der Waals surface area contributed by atoms with E-state index >= 15 is 0 Å². The molecule has 0 aliphatic heterocycles. The second-order valence-electron chi connectivity index (χ2n) is 8.05. The maximum Gasteiger partial charge on any atom is 0.343 e.